The third-order valence-corrected chi connectivity index (χ3v) is 5.61. The summed E-state index contributed by atoms with van der Waals surface area (Å²) in [6.45, 7) is 1.54. The van der Waals surface area contributed by atoms with Crippen LogP contribution in [0.2, 0.25) is 0 Å². The largest absolute Gasteiger partial charge is 0.490 e. The minimum absolute atomic E-state index is 0.140. The summed E-state index contributed by atoms with van der Waals surface area (Å²) in [5.41, 5.74) is 0.351. The lowest BCUT2D eigenvalue weighted by Gasteiger charge is -2.31. The van der Waals surface area contributed by atoms with Crippen molar-refractivity contribution in [1.29, 1.82) is 0 Å². The number of benzene rings is 1. The second-order valence-corrected chi connectivity index (χ2v) is 8.04. The van der Waals surface area contributed by atoms with Crippen molar-refractivity contribution in [2.24, 2.45) is 0 Å². The van der Waals surface area contributed by atoms with Crippen LogP contribution in [-0.4, -0.2) is 53.1 Å². The van der Waals surface area contributed by atoms with E-state index in [1.165, 1.54) is 6.08 Å². The van der Waals surface area contributed by atoms with E-state index in [4.69, 9.17) is 14.6 Å². The Morgan fingerprint density at radius 1 is 1.27 bits per heavy atom. The molecule has 3 rings (SSSR count). The van der Waals surface area contributed by atoms with Gasteiger partial charge < -0.3 is 14.6 Å². The molecule has 30 heavy (non-hydrogen) atoms. The average molecular weight is 528 g/mol. The molecule has 1 saturated heterocycles. The molecule has 160 valence electrons. The van der Waals surface area contributed by atoms with E-state index in [9.17, 15) is 19.2 Å². The van der Waals surface area contributed by atoms with E-state index in [0.29, 0.717) is 21.5 Å². The monoisotopic (exact) mass is 528 g/mol. The Morgan fingerprint density at radius 2 is 1.97 bits per heavy atom. The van der Waals surface area contributed by atoms with E-state index in [1.54, 1.807) is 19.1 Å². The molecule has 2 fully saturated rings. The van der Waals surface area contributed by atoms with Gasteiger partial charge in [-0.15, -0.1) is 0 Å². The summed E-state index contributed by atoms with van der Waals surface area (Å²) in [7, 11) is 0. The fraction of sp³-hybridized carbons (Fsp3) is 0.400. The van der Waals surface area contributed by atoms with Gasteiger partial charge in [0.25, 0.3) is 11.8 Å². The first kappa shape index (κ1) is 22.1. The first-order valence-corrected chi connectivity index (χ1v) is 10.6. The number of barbiturate groups is 1. The van der Waals surface area contributed by atoms with Gasteiger partial charge in [-0.25, -0.2) is 9.59 Å². The lowest BCUT2D eigenvalue weighted by Crippen LogP contribution is -2.57. The highest BCUT2D eigenvalue weighted by Crippen LogP contribution is 2.35. The van der Waals surface area contributed by atoms with Crippen LogP contribution in [0, 0.1) is 3.57 Å². The van der Waals surface area contributed by atoms with Gasteiger partial charge in [-0.05, 0) is 66.1 Å². The summed E-state index contributed by atoms with van der Waals surface area (Å²) >= 11 is 1.96. The minimum atomic E-state index is -1.12. The molecule has 1 saturated carbocycles. The Morgan fingerprint density at radius 3 is 2.60 bits per heavy atom. The van der Waals surface area contributed by atoms with E-state index in [1.807, 2.05) is 22.6 Å². The van der Waals surface area contributed by atoms with Crippen molar-refractivity contribution in [1.82, 2.24) is 10.2 Å². The summed E-state index contributed by atoms with van der Waals surface area (Å²) in [6, 6.07) is 2.31. The second-order valence-electron chi connectivity index (χ2n) is 6.88. The molecule has 0 unspecified atom stereocenters. The molecule has 1 aromatic rings. The molecule has 0 aromatic heterocycles. The standard InChI is InChI=1S/C20H21IN2O7/c1-2-29-15-9-11(8-14(21)17(15)30-10-16(24)25)7-13-18(26)22-20(28)23(19(13)27)12-5-3-4-6-12/h7-9,12H,2-6,10H2,1H3,(H,24,25)(H,22,26,28)/b13-7+. The predicted molar refractivity (Wildman–Crippen MR) is 114 cm³/mol. The van der Waals surface area contributed by atoms with Crippen LogP contribution in [-0.2, 0) is 14.4 Å². The maximum absolute atomic E-state index is 12.9. The number of imide groups is 2. The molecule has 1 aliphatic carbocycles. The van der Waals surface area contributed by atoms with Gasteiger partial charge in [-0.3, -0.25) is 19.8 Å². The van der Waals surface area contributed by atoms with Gasteiger partial charge in [0.15, 0.2) is 18.1 Å². The van der Waals surface area contributed by atoms with Crippen molar-refractivity contribution < 1.29 is 33.8 Å². The number of rotatable bonds is 7. The van der Waals surface area contributed by atoms with Gasteiger partial charge in [-0.1, -0.05) is 12.8 Å². The van der Waals surface area contributed by atoms with Crippen LogP contribution < -0.4 is 14.8 Å². The molecular formula is C20H21IN2O7. The number of aliphatic carboxylic acids is 1. The number of urea groups is 1. The highest BCUT2D eigenvalue weighted by molar-refractivity contribution is 14.1. The number of halogens is 1. The smallest absolute Gasteiger partial charge is 0.341 e. The second kappa shape index (κ2) is 9.45. The van der Waals surface area contributed by atoms with Gasteiger partial charge in [0.05, 0.1) is 10.2 Å². The molecule has 10 heteroatoms. The van der Waals surface area contributed by atoms with E-state index in [-0.39, 0.29) is 17.4 Å². The van der Waals surface area contributed by atoms with Gasteiger partial charge >= 0.3 is 12.0 Å². The van der Waals surface area contributed by atoms with Crippen LogP contribution in [0.3, 0.4) is 0 Å². The van der Waals surface area contributed by atoms with Crippen molar-refractivity contribution in [3.63, 3.8) is 0 Å². The average Bonchev–Trinajstić information content (AvgIpc) is 3.18. The normalized spacial score (nSPS) is 18.7. The summed E-state index contributed by atoms with van der Waals surface area (Å²) in [5.74, 6) is -1.93. The molecule has 0 atom stereocenters. The fourth-order valence-corrected chi connectivity index (χ4v) is 4.32. The minimum Gasteiger partial charge on any atom is -0.490 e. The molecule has 1 aromatic carbocycles. The lowest BCUT2D eigenvalue weighted by atomic mass is 10.0. The maximum Gasteiger partial charge on any atom is 0.341 e. The Kier molecular flexibility index (Phi) is 6.95. The quantitative estimate of drug-likeness (QED) is 0.317. The Balaban J connectivity index is 1.95. The Labute approximate surface area is 186 Å². The third kappa shape index (κ3) is 4.74. The van der Waals surface area contributed by atoms with Crippen LogP contribution in [0.4, 0.5) is 4.79 Å². The van der Waals surface area contributed by atoms with E-state index >= 15 is 0 Å². The molecule has 2 N–H and O–H groups in total. The number of ether oxygens (including phenoxy) is 2. The Hall–Kier alpha value is -2.63. The number of carboxylic acid groups (broad SMARTS) is 1. The van der Waals surface area contributed by atoms with Crippen molar-refractivity contribution in [3.05, 3.63) is 26.8 Å². The van der Waals surface area contributed by atoms with Crippen molar-refractivity contribution in [2.75, 3.05) is 13.2 Å². The van der Waals surface area contributed by atoms with Crippen molar-refractivity contribution >= 4 is 52.5 Å². The zero-order valence-corrected chi connectivity index (χ0v) is 18.4. The number of carboxylic acids is 1. The Bertz CT molecular complexity index is 922. The molecule has 0 radical (unpaired) electrons. The zero-order valence-electron chi connectivity index (χ0n) is 16.3. The summed E-state index contributed by atoms with van der Waals surface area (Å²) < 4.78 is 11.4. The zero-order chi connectivity index (χ0) is 21.8. The number of hydrogen-bond acceptors (Lipinski definition) is 6. The molecule has 0 bridgehead atoms. The van der Waals surface area contributed by atoms with Crippen LogP contribution >= 0.6 is 22.6 Å². The van der Waals surface area contributed by atoms with Gasteiger partial charge in [0.2, 0.25) is 0 Å². The number of nitrogens with one attached hydrogen (secondary N) is 1. The van der Waals surface area contributed by atoms with Gasteiger partial charge in [-0.2, -0.15) is 0 Å². The first-order valence-electron chi connectivity index (χ1n) is 9.53. The molecule has 2 aliphatic rings. The van der Waals surface area contributed by atoms with Crippen LogP contribution in [0.5, 0.6) is 11.5 Å². The van der Waals surface area contributed by atoms with Crippen LogP contribution in [0.15, 0.2) is 17.7 Å². The molecule has 1 heterocycles. The SMILES string of the molecule is CCOc1cc(/C=C2\C(=O)NC(=O)N(C3CCCC3)C2=O)cc(I)c1OCC(=O)O. The lowest BCUT2D eigenvalue weighted by molar-refractivity contribution is -0.139. The van der Waals surface area contributed by atoms with Gasteiger partial charge in [0.1, 0.15) is 5.57 Å². The van der Waals surface area contributed by atoms with Crippen LogP contribution in [0.1, 0.15) is 38.2 Å². The summed E-state index contributed by atoms with van der Waals surface area (Å²) in [4.78, 5) is 49.5. The van der Waals surface area contributed by atoms with Crippen molar-refractivity contribution in [3.8, 4) is 11.5 Å². The molecule has 9 nitrogen and oxygen atoms in total. The fourth-order valence-electron chi connectivity index (χ4n) is 3.54. The topological polar surface area (TPSA) is 122 Å². The highest BCUT2D eigenvalue weighted by Gasteiger charge is 2.40. The maximum atomic E-state index is 12.9. The van der Waals surface area contributed by atoms with E-state index in [2.05, 4.69) is 5.32 Å². The van der Waals surface area contributed by atoms with E-state index < -0.39 is 30.4 Å². The predicted octanol–water partition coefficient (Wildman–Crippen LogP) is 2.56. The highest BCUT2D eigenvalue weighted by atomic mass is 127. The summed E-state index contributed by atoms with van der Waals surface area (Å²) in [5, 5.41) is 11.1. The third-order valence-electron chi connectivity index (χ3n) is 4.81. The van der Waals surface area contributed by atoms with Gasteiger partial charge in [0, 0.05) is 6.04 Å². The number of carbonyl (C=O) groups is 4. The number of amides is 4. The molecule has 4 amide bonds. The molecule has 0 spiro atoms. The number of hydrogen-bond donors (Lipinski definition) is 2. The number of carbonyl (C=O) groups excluding carboxylic acids is 3. The molecular weight excluding hydrogens is 507 g/mol. The van der Waals surface area contributed by atoms with Crippen molar-refractivity contribution in [2.45, 2.75) is 38.6 Å². The van der Waals surface area contributed by atoms with E-state index in [0.717, 1.165) is 30.6 Å². The summed E-state index contributed by atoms with van der Waals surface area (Å²) in [6.07, 6.45) is 4.72. The molecule has 1 aliphatic heterocycles. The van der Waals surface area contributed by atoms with Crippen LogP contribution in [0.25, 0.3) is 6.08 Å². The number of nitrogens with zero attached hydrogens (tertiary/aromatic N) is 1. The first-order chi connectivity index (χ1) is 14.3.